The van der Waals surface area contributed by atoms with Gasteiger partial charge in [-0.2, -0.15) is 0 Å². The highest BCUT2D eigenvalue weighted by molar-refractivity contribution is 5.89. The van der Waals surface area contributed by atoms with Crippen LogP contribution >= 0.6 is 0 Å². The summed E-state index contributed by atoms with van der Waals surface area (Å²) in [6, 6.07) is 8.26. The molecule has 3 atom stereocenters. The Balaban J connectivity index is 2.27. The first kappa shape index (κ1) is 18.4. The lowest BCUT2D eigenvalue weighted by Gasteiger charge is -2.30. The van der Waals surface area contributed by atoms with E-state index in [9.17, 15) is 19.5 Å². The molecule has 1 N–H and O–H groups in total. The fraction of sp³-hybridized carbons (Fsp3) is 0.278. The standard InChI is InChI=1S/C18H18O7/c1-11(19)24-16-9-8-15(21)17(25-12(2)20)14(16)10-23-18(22)13-6-4-3-5-7-13/h3-10,15-17,21H,1-2H3/b14-10-/t15-,16+,17-/m1/s1. The summed E-state index contributed by atoms with van der Waals surface area (Å²) in [5.74, 6) is -1.85. The number of aliphatic hydroxyl groups is 1. The summed E-state index contributed by atoms with van der Waals surface area (Å²) in [5, 5.41) is 10.0. The fourth-order valence-corrected chi connectivity index (χ4v) is 2.29. The minimum Gasteiger partial charge on any atom is -0.455 e. The van der Waals surface area contributed by atoms with Crippen LogP contribution in [0.5, 0.6) is 0 Å². The average Bonchev–Trinajstić information content (AvgIpc) is 2.57. The lowest BCUT2D eigenvalue weighted by Crippen LogP contribution is -2.40. The van der Waals surface area contributed by atoms with Gasteiger partial charge < -0.3 is 19.3 Å². The van der Waals surface area contributed by atoms with Crippen LogP contribution in [0.3, 0.4) is 0 Å². The third-order valence-electron chi connectivity index (χ3n) is 3.35. The van der Waals surface area contributed by atoms with Gasteiger partial charge in [-0.15, -0.1) is 0 Å². The number of benzene rings is 1. The number of rotatable bonds is 4. The maximum Gasteiger partial charge on any atom is 0.342 e. The first-order valence-electron chi connectivity index (χ1n) is 7.55. The number of aliphatic hydroxyl groups excluding tert-OH is 1. The van der Waals surface area contributed by atoms with Crippen molar-refractivity contribution >= 4 is 17.9 Å². The number of ether oxygens (including phenoxy) is 3. The zero-order valence-electron chi connectivity index (χ0n) is 13.7. The van der Waals surface area contributed by atoms with Crippen molar-refractivity contribution in [2.24, 2.45) is 0 Å². The van der Waals surface area contributed by atoms with Gasteiger partial charge in [0.15, 0.2) is 6.10 Å². The van der Waals surface area contributed by atoms with Crippen LogP contribution in [0.2, 0.25) is 0 Å². The van der Waals surface area contributed by atoms with E-state index in [2.05, 4.69) is 0 Å². The SMILES string of the molecule is CC(=O)O[C@H]1C=C[C@@H](O)[C@H](OC(C)=O)/C1=C\OC(=O)c1ccccc1. The zero-order valence-corrected chi connectivity index (χ0v) is 13.7. The molecule has 25 heavy (non-hydrogen) atoms. The summed E-state index contributed by atoms with van der Waals surface area (Å²) in [6.45, 7) is 2.40. The third-order valence-corrected chi connectivity index (χ3v) is 3.35. The topological polar surface area (TPSA) is 99.1 Å². The number of hydrogen-bond donors (Lipinski definition) is 1. The Bertz CT molecular complexity index is 705. The first-order valence-corrected chi connectivity index (χ1v) is 7.55. The monoisotopic (exact) mass is 346 g/mol. The van der Waals surface area contributed by atoms with E-state index in [1.54, 1.807) is 30.3 Å². The van der Waals surface area contributed by atoms with Gasteiger partial charge in [-0.05, 0) is 18.2 Å². The van der Waals surface area contributed by atoms with E-state index in [0.29, 0.717) is 5.56 Å². The lowest BCUT2D eigenvalue weighted by atomic mass is 9.93. The van der Waals surface area contributed by atoms with E-state index in [0.717, 1.165) is 6.26 Å². The minimum absolute atomic E-state index is 0.143. The maximum atomic E-state index is 12.1. The van der Waals surface area contributed by atoms with Crippen LogP contribution in [0, 0.1) is 0 Å². The predicted octanol–water partition coefficient (Wildman–Crippen LogP) is 1.52. The Kier molecular flexibility index (Phi) is 6.08. The molecule has 0 amide bonds. The largest absolute Gasteiger partial charge is 0.455 e. The van der Waals surface area contributed by atoms with Crippen LogP contribution < -0.4 is 0 Å². The molecule has 0 radical (unpaired) electrons. The van der Waals surface area contributed by atoms with E-state index < -0.39 is 36.2 Å². The molecule has 0 saturated carbocycles. The molecule has 1 aromatic rings. The quantitative estimate of drug-likeness (QED) is 0.382. The van der Waals surface area contributed by atoms with Crippen molar-refractivity contribution < 1.29 is 33.7 Å². The van der Waals surface area contributed by atoms with E-state index >= 15 is 0 Å². The van der Waals surface area contributed by atoms with Crippen molar-refractivity contribution in [3.05, 3.63) is 59.9 Å². The minimum atomic E-state index is -1.16. The highest BCUT2D eigenvalue weighted by atomic mass is 16.6. The van der Waals surface area contributed by atoms with Gasteiger partial charge in [0.05, 0.1) is 11.1 Å². The molecule has 0 spiro atoms. The van der Waals surface area contributed by atoms with E-state index in [4.69, 9.17) is 14.2 Å². The second-order valence-electron chi connectivity index (χ2n) is 5.32. The molecule has 0 fully saturated rings. The van der Waals surface area contributed by atoms with Crippen LogP contribution in [0.15, 0.2) is 54.3 Å². The van der Waals surface area contributed by atoms with Crippen molar-refractivity contribution in [1.82, 2.24) is 0 Å². The van der Waals surface area contributed by atoms with Crippen LogP contribution in [0.4, 0.5) is 0 Å². The van der Waals surface area contributed by atoms with E-state index in [1.165, 1.54) is 26.0 Å². The van der Waals surface area contributed by atoms with Crippen molar-refractivity contribution in [2.75, 3.05) is 0 Å². The molecular formula is C18H18O7. The molecule has 1 aliphatic rings. The van der Waals surface area contributed by atoms with Crippen LogP contribution in [-0.4, -0.2) is 41.3 Å². The van der Waals surface area contributed by atoms with Gasteiger partial charge in [0.1, 0.15) is 18.5 Å². The highest BCUT2D eigenvalue weighted by Crippen LogP contribution is 2.25. The summed E-state index contributed by atoms with van der Waals surface area (Å²) in [7, 11) is 0. The smallest absolute Gasteiger partial charge is 0.342 e. The molecule has 1 aliphatic carbocycles. The van der Waals surface area contributed by atoms with E-state index in [1.807, 2.05) is 0 Å². The number of esters is 3. The summed E-state index contributed by atoms with van der Waals surface area (Å²) in [4.78, 5) is 34.6. The molecule has 0 bridgehead atoms. The molecule has 0 aliphatic heterocycles. The van der Waals surface area contributed by atoms with Gasteiger partial charge in [0, 0.05) is 13.8 Å². The maximum absolute atomic E-state index is 12.1. The molecule has 0 aromatic heterocycles. The summed E-state index contributed by atoms with van der Waals surface area (Å²) >= 11 is 0. The molecule has 7 heteroatoms. The second kappa shape index (κ2) is 8.25. The Morgan fingerprint density at radius 2 is 1.64 bits per heavy atom. The molecule has 0 heterocycles. The van der Waals surface area contributed by atoms with Gasteiger partial charge in [-0.25, -0.2) is 4.79 Å². The number of hydrogen-bond acceptors (Lipinski definition) is 7. The van der Waals surface area contributed by atoms with Crippen molar-refractivity contribution in [3.63, 3.8) is 0 Å². The fourth-order valence-electron chi connectivity index (χ4n) is 2.29. The van der Waals surface area contributed by atoms with Gasteiger partial charge >= 0.3 is 17.9 Å². The van der Waals surface area contributed by atoms with Gasteiger partial charge in [-0.1, -0.05) is 24.3 Å². The number of carbonyl (C=O) groups is 3. The van der Waals surface area contributed by atoms with Gasteiger partial charge in [0.25, 0.3) is 0 Å². The Hall–Kier alpha value is -2.93. The summed E-state index contributed by atoms with van der Waals surface area (Å²) in [6.07, 6.45) is 0.608. The predicted molar refractivity (Wildman–Crippen MR) is 86.2 cm³/mol. The van der Waals surface area contributed by atoms with E-state index in [-0.39, 0.29) is 5.57 Å². The second-order valence-corrected chi connectivity index (χ2v) is 5.32. The molecule has 0 unspecified atom stereocenters. The summed E-state index contributed by atoms with van der Waals surface area (Å²) in [5.41, 5.74) is 0.462. The molecular weight excluding hydrogens is 328 g/mol. The van der Waals surface area contributed by atoms with Crippen molar-refractivity contribution in [1.29, 1.82) is 0 Å². The Morgan fingerprint density at radius 3 is 2.24 bits per heavy atom. The van der Waals surface area contributed by atoms with Crippen LogP contribution in [-0.2, 0) is 23.8 Å². The Morgan fingerprint density at radius 1 is 1.00 bits per heavy atom. The average molecular weight is 346 g/mol. The van der Waals surface area contributed by atoms with Crippen molar-refractivity contribution in [2.45, 2.75) is 32.2 Å². The van der Waals surface area contributed by atoms with Gasteiger partial charge in [-0.3, -0.25) is 9.59 Å². The molecule has 132 valence electrons. The molecule has 2 rings (SSSR count). The zero-order chi connectivity index (χ0) is 18.4. The highest BCUT2D eigenvalue weighted by Gasteiger charge is 2.35. The van der Waals surface area contributed by atoms with Crippen molar-refractivity contribution in [3.8, 4) is 0 Å². The summed E-state index contributed by atoms with van der Waals surface area (Å²) < 4.78 is 15.3. The molecule has 0 saturated heterocycles. The lowest BCUT2D eigenvalue weighted by molar-refractivity contribution is -0.151. The normalized spacial score (nSPS) is 23.8. The Labute approximate surface area is 144 Å². The molecule has 1 aromatic carbocycles. The third kappa shape index (κ3) is 5.02. The van der Waals surface area contributed by atoms with Crippen LogP contribution in [0.25, 0.3) is 0 Å². The number of carbonyl (C=O) groups excluding carboxylic acids is 3. The van der Waals surface area contributed by atoms with Gasteiger partial charge in [0.2, 0.25) is 0 Å². The first-order chi connectivity index (χ1) is 11.9. The molecule has 7 nitrogen and oxygen atoms in total. The van der Waals surface area contributed by atoms with Crippen LogP contribution in [0.1, 0.15) is 24.2 Å².